The summed E-state index contributed by atoms with van der Waals surface area (Å²) in [6.45, 7) is 4.12. The second-order valence-electron chi connectivity index (χ2n) is 8.67. The molecule has 2 aliphatic rings. The smallest absolute Gasteiger partial charge is 0.416 e. The lowest BCUT2D eigenvalue weighted by molar-refractivity contribution is -0.138. The maximum absolute atomic E-state index is 13.3. The Morgan fingerprint density at radius 3 is 2.53 bits per heavy atom. The van der Waals surface area contributed by atoms with E-state index < -0.39 is 17.3 Å². The molecular formula is C25H30F3N3O3. The molecule has 1 fully saturated rings. The van der Waals surface area contributed by atoms with Gasteiger partial charge in [-0.15, -0.1) is 0 Å². The number of rotatable bonds is 8. The van der Waals surface area contributed by atoms with Gasteiger partial charge in [0.1, 0.15) is 17.1 Å². The zero-order valence-electron chi connectivity index (χ0n) is 19.5. The van der Waals surface area contributed by atoms with Gasteiger partial charge in [-0.25, -0.2) is 0 Å². The highest BCUT2D eigenvalue weighted by atomic mass is 19.4. The minimum Gasteiger partial charge on any atom is -0.501 e. The van der Waals surface area contributed by atoms with Gasteiger partial charge in [-0.2, -0.15) is 13.2 Å². The van der Waals surface area contributed by atoms with E-state index in [0.29, 0.717) is 30.6 Å². The molecule has 0 spiro atoms. The maximum Gasteiger partial charge on any atom is 0.416 e. The van der Waals surface area contributed by atoms with Gasteiger partial charge >= 0.3 is 6.18 Å². The number of aromatic nitrogens is 1. The average molecular weight is 478 g/mol. The molecule has 0 bridgehead atoms. The van der Waals surface area contributed by atoms with E-state index in [-0.39, 0.29) is 0 Å². The van der Waals surface area contributed by atoms with Gasteiger partial charge in [0.2, 0.25) is 0 Å². The molecule has 0 radical (unpaired) electrons. The lowest BCUT2D eigenvalue weighted by atomic mass is 9.90. The standard InChI is InChI=1S/C25H30F3N3O3/c1-32-21-7-5-10-24(17-21,33-2)23-16-20(34-29-23)9-11-30-12-14-31(15-13-30)18-19-6-3-4-8-22(19)25(26,27)28/h3-8,10,16H,9,11-15,17-18H2,1-2H3. The molecule has 0 N–H and O–H groups in total. The van der Waals surface area contributed by atoms with Crippen molar-refractivity contribution in [1.82, 2.24) is 15.0 Å². The molecule has 2 heterocycles. The fraction of sp³-hybridized carbons (Fsp3) is 0.480. The molecule has 1 aromatic carbocycles. The zero-order chi connectivity index (χ0) is 24.2. The van der Waals surface area contributed by atoms with Crippen LogP contribution in [-0.2, 0) is 34.2 Å². The van der Waals surface area contributed by atoms with Crippen LogP contribution in [0.15, 0.2) is 58.8 Å². The van der Waals surface area contributed by atoms with Crippen LogP contribution in [0.4, 0.5) is 13.2 Å². The Bertz CT molecular complexity index is 1030. The first-order valence-electron chi connectivity index (χ1n) is 11.4. The molecule has 2 aromatic rings. The van der Waals surface area contributed by atoms with Crippen LogP contribution in [0.3, 0.4) is 0 Å². The number of alkyl halides is 3. The van der Waals surface area contributed by atoms with Crippen LogP contribution in [0.5, 0.6) is 0 Å². The number of hydrogen-bond donors (Lipinski definition) is 0. The monoisotopic (exact) mass is 477 g/mol. The van der Waals surface area contributed by atoms with Crippen molar-refractivity contribution in [3.63, 3.8) is 0 Å². The molecule has 184 valence electrons. The topological polar surface area (TPSA) is 51.0 Å². The van der Waals surface area contributed by atoms with Crippen LogP contribution in [0, 0.1) is 0 Å². The predicted molar refractivity (Wildman–Crippen MR) is 121 cm³/mol. The molecule has 1 atom stereocenters. The summed E-state index contributed by atoms with van der Waals surface area (Å²) in [7, 11) is 3.28. The van der Waals surface area contributed by atoms with Crippen molar-refractivity contribution < 1.29 is 27.2 Å². The van der Waals surface area contributed by atoms with Gasteiger partial charge in [0.05, 0.1) is 18.4 Å². The van der Waals surface area contributed by atoms with Crippen molar-refractivity contribution in [2.75, 3.05) is 46.9 Å². The van der Waals surface area contributed by atoms with E-state index in [2.05, 4.69) is 15.0 Å². The SMILES string of the molecule is COC1=CC=CC(OC)(c2cc(CCN3CCN(Cc4ccccc4C(F)(F)F)CC3)on2)C1. The first-order valence-corrected chi connectivity index (χ1v) is 11.4. The molecule has 1 aliphatic carbocycles. The Kier molecular flexibility index (Phi) is 7.45. The van der Waals surface area contributed by atoms with E-state index in [4.69, 9.17) is 14.0 Å². The van der Waals surface area contributed by atoms with Gasteiger partial charge in [0.15, 0.2) is 0 Å². The van der Waals surface area contributed by atoms with Gasteiger partial charge in [0, 0.05) is 65.3 Å². The Balaban J connectivity index is 1.28. The molecule has 1 aromatic heterocycles. The van der Waals surface area contributed by atoms with Crippen LogP contribution in [0.25, 0.3) is 0 Å². The fourth-order valence-corrected chi connectivity index (χ4v) is 4.49. The molecular weight excluding hydrogens is 447 g/mol. The normalized spacial score (nSPS) is 22.1. The largest absolute Gasteiger partial charge is 0.501 e. The molecule has 1 aliphatic heterocycles. The number of benzene rings is 1. The van der Waals surface area contributed by atoms with Gasteiger partial charge in [-0.1, -0.05) is 29.4 Å². The van der Waals surface area contributed by atoms with Crippen LogP contribution >= 0.6 is 0 Å². The third kappa shape index (κ3) is 5.54. The van der Waals surface area contributed by atoms with Crippen molar-refractivity contribution >= 4 is 0 Å². The van der Waals surface area contributed by atoms with Crippen molar-refractivity contribution in [3.8, 4) is 0 Å². The summed E-state index contributed by atoms with van der Waals surface area (Å²) < 4.78 is 56.5. The van der Waals surface area contributed by atoms with Crippen molar-refractivity contribution in [3.05, 3.63) is 76.9 Å². The summed E-state index contributed by atoms with van der Waals surface area (Å²) in [6, 6.07) is 7.74. The number of halogens is 3. The minimum atomic E-state index is -4.33. The number of allylic oxidation sites excluding steroid dienone is 2. The predicted octanol–water partition coefficient (Wildman–Crippen LogP) is 4.39. The van der Waals surface area contributed by atoms with Crippen LogP contribution in [0.1, 0.15) is 29.0 Å². The first kappa shape index (κ1) is 24.5. The van der Waals surface area contributed by atoms with E-state index in [0.717, 1.165) is 50.3 Å². The molecule has 34 heavy (non-hydrogen) atoms. The van der Waals surface area contributed by atoms with Crippen molar-refractivity contribution in [1.29, 1.82) is 0 Å². The number of nitrogens with zero attached hydrogens (tertiary/aromatic N) is 3. The summed E-state index contributed by atoms with van der Waals surface area (Å²) >= 11 is 0. The molecule has 6 nitrogen and oxygen atoms in total. The quantitative estimate of drug-likeness (QED) is 0.562. The third-order valence-corrected chi connectivity index (χ3v) is 6.56. The first-order chi connectivity index (χ1) is 16.3. The molecule has 0 saturated carbocycles. The van der Waals surface area contributed by atoms with Gasteiger partial charge in [-0.3, -0.25) is 4.90 Å². The fourth-order valence-electron chi connectivity index (χ4n) is 4.49. The highest BCUT2D eigenvalue weighted by Crippen LogP contribution is 2.36. The summed E-state index contributed by atoms with van der Waals surface area (Å²) in [6.07, 6.45) is 2.66. The van der Waals surface area contributed by atoms with E-state index in [9.17, 15) is 13.2 Å². The van der Waals surface area contributed by atoms with E-state index in [1.165, 1.54) is 6.07 Å². The van der Waals surface area contributed by atoms with E-state index >= 15 is 0 Å². The van der Waals surface area contributed by atoms with Crippen molar-refractivity contribution in [2.24, 2.45) is 0 Å². The minimum absolute atomic E-state index is 0.305. The third-order valence-electron chi connectivity index (χ3n) is 6.56. The Hall–Kier alpha value is -2.62. The lowest BCUT2D eigenvalue weighted by Crippen LogP contribution is -2.46. The lowest BCUT2D eigenvalue weighted by Gasteiger charge is -2.35. The number of piperazine rings is 1. The van der Waals surface area contributed by atoms with Crippen LogP contribution < -0.4 is 0 Å². The van der Waals surface area contributed by atoms with Gasteiger partial charge in [-0.05, 0) is 23.8 Å². The molecule has 4 rings (SSSR count). The second kappa shape index (κ2) is 10.3. The number of hydrogen-bond acceptors (Lipinski definition) is 6. The van der Waals surface area contributed by atoms with Crippen molar-refractivity contribution in [2.45, 2.75) is 31.2 Å². The Morgan fingerprint density at radius 2 is 1.82 bits per heavy atom. The highest BCUT2D eigenvalue weighted by Gasteiger charge is 2.36. The molecule has 9 heteroatoms. The Morgan fingerprint density at radius 1 is 1.09 bits per heavy atom. The highest BCUT2D eigenvalue weighted by molar-refractivity contribution is 5.31. The molecule has 1 unspecified atom stereocenters. The summed E-state index contributed by atoms with van der Waals surface area (Å²) in [5.41, 5.74) is -0.224. The zero-order valence-corrected chi connectivity index (χ0v) is 19.5. The summed E-state index contributed by atoms with van der Waals surface area (Å²) in [4.78, 5) is 4.37. The second-order valence-corrected chi connectivity index (χ2v) is 8.67. The maximum atomic E-state index is 13.3. The summed E-state index contributed by atoms with van der Waals surface area (Å²) in [5.74, 6) is 1.58. The Labute approximate surface area is 197 Å². The van der Waals surface area contributed by atoms with E-state index in [1.54, 1.807) is 26.4 Å². The number of ether oxygens (including phenoxy) is 2. The number of methoxy groups -OCH3 is 2. The van der Waals surface area contributed by atoms with Gasteiger partial charge in [0.25, 0.3) is 0 Å². The van der Waals surface area contributed by atoms with Gasteiger partial charge < -0.3 is 18.9 Å². The summed E-state index contributed by atoms with van der Waals surface area (Å²) in [5, 5.41) is 4.25. The molecule has 1 saturated heterocycles. The average Bonchev–Trinajstić information content (AvgIpc) is 3.33. The molecule has 0 amide bonds. The van der Waals surface area contributed by atoms with Crippen LogP contribution in [-0.4, -0.2) is 61.9 Å². The van der Waals surface area contributed by atoms with E-state index in [1.807, 2.05) is 24.3 Å². The van der Waals surface area contributed by atoms with Crippen LogP contribution in [0.2, 0.25) is 0 Å².